The summed E-state index contributed by atoms with van der Waals surface area (Å²) in [4.78, 5) is 36.1. The number of aromatic nitrogens is 3. The third kappa shape index (κ3) is 5.77. The van der Waals surface area contributed by atoms with E-state index in [0.29, 0.717) is 16.5 Å². The number of fused-ring (bicyclic) bond motifs is 1. The highest BCUT2D eigenvalue weighted by molar-refractivity contribution is 7.89. The Hall–Kier alpha value is -4.82. The number of hydrogen-bond donors (Lipinski definition) is 4. The van der Waals surface area contributed by atoms with Gasteiger partial charge in [0.15, 0.2) is 0 Å². The molecule has 0 bridgehead atoms. The lowest BCUT2D eigenvalue weighted by Crippen LogP contribution is -2.29. The van der Waals surface area contributed by atoms with Crippen LogP contribution in [-0.2, 0) is 21.4 Å². The van der Waals surface area contributed by atoms with Crippen LogP contribution < -0.4 is 25.4 Å². The van der Waals surface area contributed by atoms with E-state index in [-0.39, 0.29) is 47.8 Å². The van der Waals surface area contributed by atoms with Crippen LogP contribution in [-0.4, -0.2) is 48.4 Å². The van der Waals surface area contributed by atoms with Gasteiger partial charge in [0.25, 0.3) is 5.91 Å². The van der Waals surface area contributed by atoms with Crippen LogP contribution >= 0.6 is 0 Å². The molecule has 0 aliphatic carbocycles. The van der Waals surface area contributed by atoms with Gasteiger partial charge in [-0.25, -0.2) is 22.9 Å². The molecular weight excluding hydrogens is 514 g/mol. The first-order valence-electron chi connectivity index (χ1n) is 11.3. The number of furan rings is 1. The maximum atomic E-state index is 12.9. The molecule has 1 aliphatic rings. The van der Waals surface area contributed by atoms with Crippen molar-refractivity contribution in [2.24, 2.45) is 0 Å². The molecule has 1 fully saturated rings. The molecule has 0 saturated carbocycles. The van der Waals surface area contributed by atoms with Gasteiger partial charge in [0.2, 0.25) is 21.9 Å². The third-order valence-electron chi connectivity index (χ3n) is 5.31. The van der Waals surface area contributed by atoms with E-state index in [2.05, 4.69) is 35.6 Å². The lowest BCUT2D eigenvalue weighted by molar-refractivity contribution is -0.115. The molecule has 1 aliphatic heterocycles. The second-order valence-corrected chi connectivity index (χ2v) is 9.70. The van der Waals surface area contributed by atoms with Gasteiger partial charge in [0.1, 0.15) is 18.1 Å². The van der Waals surface area contributed by atoms with E-state index < -0.39 is 22.0 Å². The van der Waals surface area contributed by atoms with Gasteiger partial charge in [-0.3, -0.25) is 15.1 Å². The number of imide groups is 1. The summed E-state index contributed by atoms with van der Waals surface area (Å²) < 4.78 is 39.3. The topological polar surface area (TPSA) is 177 Å². The summed E-state index contributed by atoms with van der Waals surface area (Å²) in [6, 6.07) is 10.9. The van der Waals surface area contributed by atoms with Crippen molar-refractivity contribution in [3.05, 3.63) is 78.3 Å². The predicted molar refractivity (Wildman–Crippen MR) is 135 cm³/mol. The molecule has 194 valence electrons. The summed E-state index contributed by atoms with van der Waals surface area (Å²) in [5.74, 6) is 0.258. The lowest BCUT2D eigenvalue weighted by Gasteiger charge is -2.11. The number of benzene rings is 1. The maximum Gasteiger partial charge on any atom is 0.326 e. The number of nitrogens with one attached hydrogen (secondary N) is 4. The zero-order chi connectivity index (χ0) is 26.5. The highest BCUT2D eigenvalue weighted by atomic mass is 32.2. The van der Waals surface area contributed by atoms with Crippen LogP contribution in [0.4, 0.5) is 10.7 Å². The molecule has 3 amide bonds. The van der Waals surface area contributed by atoms with E-state index in [1.54, 1.807) is 36.5 Å². The minimum atomic E-state index is -3.81. The number of pyridine rings is 1. The molecule has 1 saturated heterocycles. The maximum absolute atomic E-state index is 12.9. The standard InChI is InChI=1S/C24H21N7O6S/c32-22-19(29-24(33)31-22)11-16-12-21(37-14-17-4-2-10-36-17)30-23(28-16)26-8-9-27-38(34,35)20-5-1-3-15-13-25-7-6-18(15)20/h1-7,10-13,27H,8-9,14H2,(H,26,28,30)(H2,29,31,32,33)/b19-11-. The highest BCUT2D eigenvalue weighted by Crippen LogP contribution is 2.22. The summed E-state index contributed by atoms with van der Waals surface area (Å²) >= 11 is 0. The molecule has 4 aromatic rings. The SMILES string of the molecule is O=C1NC(=O)/C(=C/c2cc(OCc3ccco3)nc(NCCNS(=O)(=O)c3cccc4cnccc34)n2)N1. The molecule has 0 atom stereocenters. The minimum Gasteiger partial charge on any atom is -0.469 e. The van der Waals surface area contributed by atoms with Crippen molar-refractivity contribution < 1.29 is 27.2 Å². The zero-order valence-corrected chi connectivity index (χ0v) is 20.5. The number of rotatable bonds is 10. The van der Waals surface area contributed by atoms with E-state index in [1.807, 2.05) is 0 Å². The monoisotopic (exact) mass is 535 g/mol. The highest BCUT2D eigenvalue weighted by Gasteiger charge is 2.23. The summed E-state index contributed by atoms with van der Waals surface area (Å²) in [6.07, 6.45) is 6.01. The van der Waals surface area contributed by atoms with Crippen LogP contribution in [0.25, 0.3) is 16.8 Å². The first-order chi connectivity index (χ1) is 18.4. The summed E-state index contributed by atoms with van der Waals surface area (Å²) in [5.41, 5.74) is 0.281. The van der Waals surface area contributed by atoms with Crippen LogP contribution in [0.5, 0.6) is 5.88 Å². The fourth-order valence-electron chi connectivity index (χ4n) is 3.60. The van der Waals surface area contributed by atoms with Crippen molar-refractivity contribution in [1.29, 1.82) is 0 Å². The number of urea groups is 1. The number of hydrogen-bond acceptors (Lipinski definition) is 10. The Bertz CT molecular complexity index is 1630. The molecule has 13 nitrogen and oxygen atoms in total. The van der Waals surface area contributed by atoms with Gasteiger partial charge in [0, 0.05) is 42.3 Å². The molecule has 4 heterocycles. The Kier molecular flexibility index (Phi) is 6.97. The predicted octanol–water partition coefficient (Wildman–Crippen LogP) is 1.77. The van der Waals surface area contributed by atoms with Crippen LogP contribution in [0.1, 0.15) is 11.5 Å². The molecule has 38 heavy (non-hydrogen) atoms. The van der Waals surface area contributed by atoms with Crippen molar-refractivity contribution >= 4 is 44.8 Å². The number of anilines is 1. The number of ether oxygens (including phenoxy) is 1. The van der Waals surface area contributed by atoms with Gasteiger partial charge < -0.3 is 19.8 Å². The van der Waals surface area contributed by atoms with Crippen molar-refractivity contribution in [3.63, 3.8) is 0 Å². The number of amides is 3. The van der Waals surface area contributed by atoms with Crippen LogP contribution in [0.15, 0.2) is 76.1 Å². The third-order valence-corrected chi connectivity index (χ3v) is 6.83. The van der Waals surface area contributed by atoms with Gasteiger partial charge in [0.05, 0.1) is 16.9 Å². The summed E-state index contributed by atoms with van der Waals surface area (Å²) in [7, 11) is -3.81. The molecule has 4 N–H and O–H groups in total. The molecule has 0 spiro atoms. The molecular formula is C24H21N7O6S. The van der Waals surface area contributed by atoms with Gasteiger partial charge in [-0.05, 0) is 30.3 Å². The fourth-order valence-corrected chi connectivity index (χ4v) is 4.86. The first kappa shape index (κ1) is 24.9. The Labute approximate surface area is 216 Å². The van der Waals surface area contributed by atoms with Crippen molar-refractivity contribution in [1.82, 2.24) is 30.3 Å². The van der Waals surface area contributed by atoms with E-state index in [9.17, 15) is 18.0 Å². The lowest BCUT2D eigenvalue weighted by atomic mass is 10.2. The molecule has 5 rings (SSSR count). The quantitative estimate of drug-likeness (QED) is 0.133. The molecule has 3 aromatic heterocycles. The normalized spacial score (nSPS) is 14.5. The Morgan fingerprint density at radius 2 is 1.95 bits per heavy atom. The van der Waals surface area contributed by atoms with Gasteiger partial charge in [-0.2, -0.15) is 4.98 Å². The molecule has 0 unspecified atom stereocenters. The Balaban J connectivity index is 1.29. The van der Waals surface area contributed by atoms with Crippen molar-refractivity contribution in [2.75, 3.05) is 18.4 Å². The van der Waals surface area contributed by atoms with Crippen LogP contribution in [0, 0.1) is 0 Å². The number of carbonyl (C=O) groups is 2. The largest absolute Gasteiger partial charge is 0.469 e. The second kappa shape index (κ2) is 10.7. The number of carbonyl (C=O) groups excluding carboxylic acids is 2. The number of sulfonamides is 1. The Morgan fingerprint density at radius 1 is 1.05 bits per heavy atom. The van der Waals surface area contributed by atoms with Crippen LogP contribution in [0.3, 0.4) is 0 Å². The van der Waals surface area contributed by atoms with E-state index >= 15 is 0 Å². The average Bonchev–Trinajstić information content (AvgIpc) is 3.54. The fraction of sp³-hybridized carbons (Fsp3) is 0.125. The van der Waals surface area contributed by atoms with Crippen molar-refractivity contribution in [3.8, 4) is 5.88 Å². The zero-order valence-electron chi connectivity index (χ0n) is 19.7. The average molecular weight is 536 g/mol. The summed E-state index contributed by atoms with van der Waals surface area (Å²) in [6.45, 7) is 0.261. The van der Waals surface area contributed by atoms with Crippen LogP contribution in [0.2, 0.25) is 0 Å². The number of nitrogens with zero attached hydrogens (tertiary/aromatic N) is 3. The molecule has 1 aromatic carbocycles. The minimum absolute atomic E-state index is 0.00897. The molecule has 0 radical (unpaired) electrons. The van der Waals surface area contributed by atoms with E-state index in [0.717, 1.165) is 0 Å². The second-order valence-electron chi connectivity index (χ2n) is 7.97. The smallest absolute Gasteiger partial charge is 0.326 e. The Morgan fingerprint density at radius 3 is 2.74 bits per heavy atom. The van der Waals surface area contributed by atoms with Gasteiger partial charge in [-0.1, -0.05) is 12.1 Å². The van der Waals surface area contributed by atoms with Gasteiger partial charge in [-0.15, -0.1) is 0 Å². The van der Waals surface area contributed by atoms with E-state index in [1.165, 1.54) is 30.7 Å². The van der Waals surface area contributed by atoms with E-state index in [4.69, 9.17) is 9.15 Å². The summed E-state index contributed by atoms with van der Waals surface area (Å²) in [5, 5.41) is 8.72. The van der Waals surface area contributed by atoms with Crippen molar-refractivity contribution in [2.45, 2.75) is 11.5 Å². The first-order valence-corrected chi connectivity index (χ1v) is 12.8. The molecule has 14 heteroatoms. The van der Waals surface area contributed by atoms with Gasteiger partial charge >= 0.3 is 6.03 Å².